The molecule has 19 heavy (non-hydrogen) atoms. The van der Waals surface area contributed by atoms with Crippen LogP contribution in [-0.2, 0) is 13.5 Å². The summed E-state index contributed by atoms with van der Waals surface area (Å²) in [7, 11) is 1.86. The molecule has 0 aliphatic rings. The van der Waals surface area contributed by atoms with E-state index in [1.807, 2.05) is 19.3 Å². The summed E-state index contributed by atoms with van der Waals surface area (Å²) >= 11 is 0. The number of nitrogens with two attached hydrogens (primary N) is 1. The summed E-state index contributed by atoms with van der Waals surface area (Å²) in [5.74, 6) is 2.18. The molecule has 0 spiro atoms. The molecule has 2 rings (SSSR count). The van der Waals surface area contributed by atoms with Gasteiger partial charge in [0.05, 0.1) is 0 Å². The van der Waals surface area contributed by atoms with Gasteiger partial charge in [0.2, 0.25) is 11.7 Å². The van der Waals surface area contributed by atoms with Crippen LogP contribution in [0.25, 0.3) is 11.5 Å². The first-order valence-corrected chi connectivity index (χ1v) is 6.61. The molecule has 0 saturated heterocycles. The fourth-order valence-corrected chi connectivity index (χ4v) is 2.15. The Kier molecular flexibility index (Phi) is 4.31. The van der Waals surface area contributed by atoms with E-state index in [0.29, 0.717) is 30.1 Å². The first-order valence-electron chi connectivity index (χ1n) is 6.61. The van der Waals surface area contributed by atoms with Gasteiger partial charge in [-0.25, -0.2) is 0 Å². The van der Waals surface area contributed by atoms with Crippen LogP contribution in [0.4, 0.5) is 0 Å². The Balaban J connectivity index is 2.04. The molecule has 2 heterocycles. The Morgan fingerprint density at radius 3 is 2.79 bits per heavy atom. The maximum Gasteiger partial charge on any atom is 0.227 e. The van der Waals surface area contributed by atoms with Crippen LogP contribution in [0.5, 0.6) is 0 Å². The highest BCUT2D eigenvalue weighted by atomic mass is 16.5. The summed E-state index contributed by atoms with van der Waals surface area (Å²) in [4.78, 5) is 4.38. The van der Waals surface area contributed by atoms with Gasteiger partial charge in [-0.2, -0.15) is 10.1 Å². The van der Waals surface area contributed by atoms with E-state index in [1.54, 1.807) is 4.68 Å². The van der Waals surface area contributed by atoms with Crippen molar-refractivity contribution in [3.8, 4) is 11.5 Å². The lowest BCUT2D eigenvalue weighted by molar-refractivity contribution is 0.332. The largest absolute Gasteiger partial charge is 0.339 e. The molecular formula is C13H21N5O. The monoisotopic (exact) mass is 263 g/mol. The zero-order chi connectivity index (χ0) is 13.8. The normalized spacial score (nSPS) is 13.1. The van der Waals surface area contributed by atoms with Gasteiger partial charge in [0.1, 0.15) is 5.69 Å². The van der Waals surface area contributed by atoms with E-state index >= 15 is 0 Å². The maximum absolute atomic E-state index is 5.78. The third kappa shape index (κ3) is 3.64. The molecular weight excluding hydrogens is 242 g/mol. The second-order valence-electron chi connectivity index (χ2n) is 5.32. The minimum absolute atomic E-state index is 0.386. The minimum Gasteiger partial charge on any atom is -0.339 e. The Bertz CT molecular complexity index is 517. The highest BCUT2D eigenvalue weighted by Gasteiger charge is 2.16. The smallest absolute Gasteiger partial charge is 0.227 e. The van der Waals surface area contributed by atoms with E-state index in [9.17, 15) is 0 Å². The van der Waals surface area contributed by atoms with Crippen molar-refractivity contribution in [1.82, 2.24) is 19.9 Å². The van der Waals surface area contributed by atoms with E-state index < -0.39 is 0 Å². The van der Waals surface area contributed by atoms with E-state index in [-0.39, 0.29) is 0 Å². The standard InChI is InChI=1S/C13H21N5O/c1-9(2)6-10(8-14)7-12-15-13(17-19-12)11-4-5-18(3)16-11/h4-5,9-10H,6-8,14H2,1-3H3. The highest BCUT2D eigenvalue weighted by Crippen LogP contribution is 2.18. The highest BCUT2D eigenvalue weighted by molar-refractivity contribution is 5.46. The summed E-state index contributed by atoms with van der Waals surface area (Å²) < 4.78 is 6.99. The van der Waals surface area contributed by atoms with E-state index in [1.165, 1.54) is 0 Å². The average molecular weight is 263 g/mol. The molecule has 0 saturated carbocycles. The van der Waals surface area contributed by atoms with Crippen LogP contribution in [0, 0.1) is 11.8 Å². The zero-order valence-electron chi connectivity index (χ0n) is 11.7. The summed E-state index contributed by atoms with van der Waals surface area (Å²) in [6, 6.07) is 1.86. The molecule has 0 fully saturated rings. The van der Waals surface area contributed by atoms with Crippen molar-refractivity contribution < 1.29 is 4.52 Å². The molecule has 2 aromatic heterocycles. The molecule has 1 unspecified atom stereocenters. The van der Waals surface area contributed by atoms with Crippen molar-refractivity contribution >= 4 is 0 Å². The van der Waals surface area contributed by atoms with Crippen molar-refractivity contribution in [1.29, 1.82) is 0 Å². The van der Waals surface area contributed by atoms with Crippen molar-refractivity contribution in [2.24, 2.45) is 24.6 Å². The lowest BCUT2D eigenvalue weighted by Crippen LogP contribution is -2.19. The van der Waals surface area contributed by atoms with Gasteiger partial charge in [-0.05, 0) is 30.9 Å². The van der Waals surface area contributed by atoms with Crippen LogP contribution in [0.2, 0.25) is 0 Å². The molecule has 2 N–H and O–H groups in total. The molecule has 104 valence electrons. The maximum atomic E-state index is 5.78. The summed E-state index contributed by atoms with van der Waals surface area (Å²) in [6.45, 7) is 5.02. The molecule has 0 amide bonds. The van der Waals surface area contributed by atoms with Crippen molar-refractivity contribution in [2.75, 3.05) is 6.54 Å². The van der Waals surface area contributed by atoms with Crippen molar-refractivity contribution in [2.45, 2.75) is 26.7 Å². The fraction of sp³-hybridized carbons (Fsp3) is 0.615. The third-order valence-corrected chi connectivity index (χ3v) is 3.01. The van der Waals surface area contributed by atoms with Gasteiger partial charge in [-0.3, -0.25) is 4.68 Å². The van der Waals surface area contributed by atoms with Gasteiger partial charge in [0, 0.05) is 19.7 Å². The molecule has 6 nitrogen and oxygen atoms in total. The Labute approximate surface area is 113 Å². The topological polar surface area (TPSA) is 82.8 Å². The fourth-order valence-electron chi connectivity index (χ4n) is 2.15. The van der Waals surface area contributed by atoms with Crippen molar-refractivity contribution in [3.05, 3.63) is 18.2 Å². The van der Waals surface area contributed by atoms with Crippen LogP contribution in [0.1, 0.15) is 26.2 Å². The molecule has 1 atom stereocenters. The van der Waals surface area contributed by atoms with Gasteiger partial charge in [-0.15, -0.1) is 0 Å². The van der Waals surface area contributed by atoms with Gasteiger partial charge >= 0.3 is 0 Å². The lowest BCUT2D eigenvalue weighted by atomic mass is 9.94. The first kappa shape index (κ1) is 13.7. The summed E-state index contributed by atoms with van der Waals surface area (Å²) in [5, 5.41) is 8.21. The molecule has 0 aliphatic carbocycles. The van der Waals surface area contributed by atoms with Crippen LogP contribution >= 0.6 is 0 Å². The molecule has 0 aliphatic heterocycles. The van der Waals surface area contributed by atoms with Crippen LogP contribution in [-0.4, -0.2) is 26.5 Å². The third-order valence-electron chi connectivity index (χ3n) is 3.01. The number of aryl methyl sites for hydroxylation is 1. The second-order valence-corrected chi connectivity index (χ2v) is 5.32. The van der Waals surface area contributed by atoms with Gasteiger partial charge in [0.15, 0.2) is 0 Å². The number of hydrogen-bond acceptors (Lipinski definition) is 5. The van der Waals surface area contributed by atoms with Crippen LogP contribution in [0.3, 0.4) is 0 Å². The number of nitrogens with zero attached hydrogens (tertiary/aromatic N) is 4. The van der Waals surface area contributed by atoms with E-state index in [4.69, 9.17) is 10.3 Å². The van der Waals surface area contributed by atoms with Crippen molar-refractivity contribution in [3.63, 3.8) is 0 Å². The number of hydrogen-bond donors (Lipinski definition) is 1. The predicted molar refractivity (Wildman–Crippen MR) is 72.2 cm³/mol. The average Bonchev–Trinajstić information content (AvgIpc) is 2.96. The second kappa shape index (κ2) is 5.97. The molecule has 0 aromatic carbocycles. The summed E-state index contributed by atoms with van der Waals surface area (Å²) in [5.41, 5.74) is 6.51. The molecule has 2 aromatic rings. The Morgan fingerprint density at radius 2 is 2.21 bits per heavy atom. The molecule has 0 radical (unpaired) electrons. The van der Waals surface area contributed by atoms with Gasteiger partial charge in [0.25, 0.3) is 0 Å². The number of rotatable bonds is 6. The van der Waals surface area contributed by atoms with E-state index in [0.717, 1.165) is 18.5 Å². The molecule has 6 heteroatoms. The van der Waals surface area contributed by atoms with Crippen LogP contribution in [0.15, 0.2) is 16.8 Å². The minimum atomic E-state index is 0.386. The van der Waals surface area contributed by atoms with Gasteiger partial charge < -0.3 is 10.3 Å². The number of aromatic nitrogens is 4. The predicted octanol–water partition coefficient (Wildman–Crippen LogP) is 1.63. The quantitative estimate of drug-likeness (QED) is 0.856. The summed E-state index contributed by atoms with van der Waals surface area (Å²) in [6.07, 6.45) is 3.65. The Morgan fingerprint density at radius 1 is 1.42 bits per heavy atom. The lowest BCUT2D eigenvalue weighted by Gasteiger charge is -2.14. The Hall–Kier alpha value is -1.69. The SMILES string of the molecule is CC(C)CC(CN)Cc1nc(-c2ccn(C)n2)no1. The van der Waals surface area contributed by atoms with Crippen LogP contribution < -0.4 is 5.73 Å². The van der Waals surface area contributed by atoms with E-state index in [2.05, 4.69) is 29.1 Å². The molecule has 0 bridgehead atoms. The zero-order valence-corrected chi connectivity index (χ0v) is 11.7. The van der Waals surface area contributed by atoms with Gasteiger partial charge in [-0.1, -0.05) is 19.0 Å². The first-order chi connectivity index (χ1) is 9.08.